The molecule has 1 aliphatic heterocycles. The number of alkyl halides is 3. The molecule has 10 heteroatoms. The fourth-order valence-electron chi connectivity index (χ4n) is 3.77. The van der Waals surface area contributed by atoms with Gasteiger partial charge in [-0.1, -0.05) is 23.7 Å². The second-order valence-electron chi connectivity index (χ2n) is 7.24. The molecule has 4 rings (SSSR count). The molecule has 1 saturated heterocycles. The molecule has 2 aromatic carbocycles. The molecule has 0 spiro atoms. The van der Waals surface area contributed by atoms with Crippen LogP contribution in [0.15, 0.2) is 54.7 Å². The third-order valence-electron chi connectivity index (χ3n) is 5.33. The summed E-state index contributed by atoms with van der Waals surface area (Å²) >= 11 is 5.84. The lowest BCUT2D eigenvalue weighted by Crippen LogP contribution is -2.49. The zero-order valence-corrected chi connectivity index (χ0v) is 17.9. The molecule has 32 heavy (non-hydrogen) atoms. The molecule has 0 radical (unpaired) electrons. The Morgan fingerprint density at radius 1 is 1.03 bits per heavy atom. The number of halogens is 4. The third-order valence-corrected chi connectivity index (χ3v) is 5.58. The highest BCUT2D eigenvalue weighted by Crippen LogP contribution is 2.35. The Morgan fingerprint density at radius 3 is 2.31 bits per heavy atom. The Kier molecular flexibility index (Phi) is 6.01. The smallest absolute Gasteiger partial charge is 0.434 e. The first-order chi connectivity index (χ1) is 15.3. The number of amides is 1. The Labute approximate surface area is 187 Å². The van der Waals surface area contributed by atoms with Gasteiger partial charge < -0.3 is 14.5 Å². The van der Waals surface area contributed by atoms with Crippen LogP contribution in [0.1, 0.15) is 16.1 Å². The van der Waals surface area contributed by atoms with E-state index in [-0.39, 0.29) is 18.8 Å². The van der Waals surface area contributed by atoms with Crippen molar-refractivity contribution < 1.29 is 22.7 Å². The van der Waals surface area contributed by atoms with E-state index in [0.29, 0.717) is 23.9 Å². The molecule has 6 nitrogen and oxygen atoms in total. The lowest BCUT2D eigenvalue weighted by molar-refractivity contribution is -0.143. The molecule has 0 saturated carbocycles. The largest absolute Gasteiger partial charge is 0.495 e. The van der Waals surface area contributed by atoms with Gasteiger partial charge in [-0.2, -0.15) is 18.3 Å². The monoisotopic (exact) mass is 464 g/mol. The molecule has 1 aromatic heterocycles. The summed E-state index contributed by atoms with van der Waals surface area (Å²) in [4.78, 5) is 16.5. The molecule has 0 aliphatic carbocycles. The Hall–Kier alpha value is -3.20. The van der Waals surface area contributed by atoms with Crippen LogP contribution in [0.4, 0.5) is 18.9 Å². The third kappa shape index (κ3) is 4.25. The zero-order chi connectivity index (χ0) is 22.9. The Morgan fingerprint density at radius 2 is 1.69 bits per heavy atom. The highest BCUT2D eigenvalue weighted by molar-refractivity contribution is 6.30. The number of para-hydroxylation sites is 2. The first-order valence-electron chi connectivity index (χ1n) is 9.88. The standard InChI is InChI=1S/C22H20ClF3N4O2/c1-32-19-5-3-2-4-18(19)28-10-12-29(13-11-28)21(31)17-14-27-30(20(17)22(24,25)26)16-8-6-15(23)7-9-16/h2-9,14H,10-13H2,1H3. The van der Waals surface area contributed by atoms with Gasteiger partial charge in [0.15, 0.2) is 5.69 Å². The molecule has 0 N–H and O–H groups in total. The van der Waals surface area contributed by atoms with Gasteiger partial charge in [-0.25, -0.2) is 4.68 Å². The van der Waals surface area contributed by atoms with E-state index in [1.165, 1.54) is 29.2 Å². The van der Waals surface area contributed by atoms with Crippen molar-refractivity contribution in [3.05, 3.63) is 71.0 Å². The van der Waals surface area contributed by atoms with Crippen molar-refractivity contribution in [2.24, 2.45) is 0 Å². The summed E-state index contributed by atoms with van der Waals surface area (Å²) in [5.41, 5.74) is -0.523. The molecule has 1 aliphatic rings. The van der Waals surface area contributed by atoms with E-state index in [4.69, 9.17) is 16.3 Å². The Bertz CT molecular complexity index is 1110. The summed E-state index contributed by atoms with van der Waals surface area (Å²) in [6, 6.07) is 13.3. The van der Waals surface area contributed by atoms with Crippen molar-refractivity contribution in [2.45, 2.75) is 6.18 Å². The number of hydrogen-bond donors (Lipinski definition) is 0. The maximum absolute atomic E-state index is 13.9. The normalized spacial score (nSPS) is 14.5. The van der Waals surface area contributed by atoms with Gasteiger partial charge in [-0.05, 0) is 36.4 Å². The molecule has 3 aromatic rings. The van der Waals surface area contributed by atoms with Crippen LogP contribution in [-0.2, 0) is 6.18 Å². The summed E-state index contributed by atoms with van der Waals surface area (Å²) in [6.07, 6.45) is -3.79. The molecule has 168 valence electrons. The van der Waals surface area contributed by atoms with Gasteiger partial charge in [0.1, 0.15) is 5.75 Å². The van der Waals surface area contributed by atoms with Crippen molar-refractivity contribution in [1.29, 1.82) is 0 Å². The number of rotatable bonds is 4. The van der Waals surface area contributed by atoms with E-state index < -0.39 is 23.3 Å². The lowest BCUT2D eigenvalue weighted by atomic mass is 10.1. The van der Waals surface area contributed by atoms with Gasteiger partial charge in [-0.3, -0.25) is 4.79 Å². The maximum Gasteiger partial charge on any atom is 0.434 e. The number of nitrogens with zero attached hydrogens (tertiary/aromatic N) is 4. The van der Waals surface area contributed by atoms with Crippen molar-refractivity contribution in [1.82, 2.24) is 14.7 Å². The van der Waals surface area contributed by atoms with Crippen molar-refractivity contribution >= 4 is 23.2 Å². The second-order valence-corrected chi connectivity index (χ2v) is 7.68. The number of methoxy groups -OCH3 is 1. The first-order valence-corrected chi connectivity index (χ1v) is 10.3. The van der Waals surface area contributed by atoms with E-state index in [9.17, 15) is 18.0 Å². The number of benzene rings is 2. The highest BCUT2D eigenvalue weighted by Gasteiger charge is 2.41. The van der Waals surface area contributed by atoms with Crippen LogP contribution in [0.25, 0.3) is 5.69 Å². The molecular weight excluding hydrogens is 445 g/mol. The summed E-state index contributed by atoms with van der Waals surface area (Å²) in [6.45, 7) is 1.50. The van der Waals surface area contributed by atoms with Crippen molar-refractivity contribution in [2.75, 3.05) is 38.2 Å². The topological polar surface area (TPSA) is 50.6 Å². The van der Waals surface area contributed by atoms with Gasteiger partial charge in [0.25, 0.3) is 5.91 Å². The minimum atomic E-state index is -4.76. The van der Waals surface area contributed by atoms with Crippen LogP contribution in [-0.4, -0.2) is 53.9 Å². The summed E-state index contributed by atoms with van der Waals surface area (Å²) in [5.74, 6) is 0.00749. The van der Waals surface area contributed by atoms with Crippen LogP contribution < -0.4 is 9.64 Å². The van der Waals surface area contributed by atoms with E-state index in [1.54, 1.807) is 7.11 Å². The van der Waals surface area contributed by atoms with Crippen LogP contribution in [0.3, 0.4) is 0 Å². The first kappa shape index (κ1) is 22.0. The zero-order valence-electron chi connectivity index (χ0n) is 17.1. The SMILES string of the molecule is COc1ccccc1N1CCN(C(=O)c2cnn(-c3ccc(Cl)cc3)c2C(F)(F)F)CC1. The number of carbonyl (C=O) groups excluding carboxylic acids is 1. The Balaban J connectivity index is 1.57. The van der Waals surface area contributed by atoms with Gasteiger partial charge in [-0.15, -0.1) is 0 Å². The molecule has 1 fully saturated rings. The number of aromatic nitrogens is 2. The highest BCUT2D eigenvalue weighted by atomic mass is 35.5. The van der Waals surface area contributed by atoms with Gasteiger partial charge in [0.2, 0.25) is 0 Å². The predicted octanol–water partition coefficient (Wildman–Crippen LogP) is 4.52. The van der Waals surface area contributed by atoms with Crippen LogP contribution >= 0.6 is 11.6 Å². The fraction of sp³-hybridized carbons (Fsp3) is 0.273. The number of anilines is 1. The number of carbonyl (C=O) groups is 1. The number of ether oxygens (including phenoxy) is 1. The van der Waals surface area contributed by atoms with Gasteiger partial charge in [0.05, 0.1) is 30.2 Å². The molecule has 0 unspecified atom stereocenters. The molecule has 2 heterocycles. The summed E-state index contributed by atoms with van der Waals surface area (Å²) in [7, 11) is 1.58. The van der Waals surface area contributed by atoms with Gasteiger partial charge >= 0.3 is 6.18 Å². The molecular formula is C22H20ClF3N4O2. The predicted molar refractivity (Wildman–Crippen MR) is 115 cm³/mol. The second kappa shape index (κ2) is 8.74. The van der Waals surface area contributed by atoms with E-state index in [0.717, 1.165) is 16.6 Å². The number of piperazine rings is 1. The average molecular weight is 465 g/mol. The summed E-state index contributed by atoms with van der Waals surface area (Å²) < 4.78 is 47.9. The minimum Gasteiger partial charge on any atom is -0.495 e. The van der Waals surface area contributed by atoms with E-state index in [1.807, 2.05) is 29.2 Å². The van der Waals surface area contributed by atoms with Crippen molar-refractivity contribution in [3.8, 4) is 11.4 Å². The molecule has 0 bridgehead atoms. The van der Waals surface area contributed by atoms with E-state index in [2.05, 4.69) is 5.10 Å². The molecule has 1 amide bonds. The number of hydrogen-bond acceptors (Lipinski definition) is 4. The average Bonchev–Trinajstić information content (AvgIpc) is 3.25. The van der Waals surface area contributed by atoms with Crippen LogP contribution in [0, 0.1) is 0 Å². The summed E-state index contributed by atoms with van der Waals surface area (Å²) in [5, 5.41) is 4.25. The van der Waals surface area contributed by atoms with Crippen LogP contribution in [0.5, 0.6) is 5.75 Å². The van der Waals surface area contributed by atoms with Crippen molar-refractivity contribution in [3.63, 3.8) is 0 Å². The quantitative estimate of drug-likeness (QED) is 0.570. The molecule has 0 atom stereocenters. The maximum atomic E-state index is 13.9. The van der Waals surface area contributed by atoms with E-state index >= 15 is 0 Å². The fourth-order valence-corrected chi connectivity index (χ4v) is 3.89. The minimum absolute atomic E-state index is 0.168. The van der Waals surface area contributed by atoms with Crippen LogP contribution in [0.2, 0.25) is 5.02 Å². The van der Waals surface area contributed by atoms with Gasteiger partial charge in [0, 0.05) is 31.2 Å². The lowest BCUT2D eigenvalue weighted by Gasteiger charge is -2.36.